The zero-order valence-corrected chi connectivity index (χ0v) is 13.0. The van der Waals surface area contributed by atoms with Gasteiger partial charge in [-0.25, -0.2) is 9.97 Å². The molecule has 0 saturated carbocycles. The molecule has 0 aliphatic carbocycles. The number of ether oxygens (including phenoxy) is 1. The summed E-state index contributed by atoms with van der Waals surface area (Å²) in [4.78, 5) is 10.0. The van der Waals surface area contributed by atoms with Gasteiger partial charge in [0.15, 0.2) is 5.13 Å². The second kappa shape index (κ2) is 4.86. The third-order valence-electron chi connectivity index (χ3n) is 3.24. The van der Waals surface area contributed by atoms with E-state index in [0.717, 1.165) is 32.0 Å². The molecule has 1 aliphatic heterocycles. The van der Waals surface area contributed by atoms with Crippen LogP contribution in [-0.4, -0.2) is 24.5 Å². The number of aromatic nitrogens is 5. The van der Waals surface area contributed by atoms with Gasteiger partial charge in [-0.2, -0.15) is 9.47 Å². The fourth-order valence-electron chi connectivity index (χ4n) is 2.24. The van der Waals surface area contributed by atoms with Crippen LogP contribution in [0.2, 0.25) is 0 Å². The molecule has 108 valence electrons. The van der Waals surface area contributed by atoms with E-state index < -0.39 is 0 Å². The predicted molar refractivity (Wildman–Crippen MR) is 80.8 cm³/mol. The van der Waals surface area contributed by atoms with Crippen molar-refractivity contribution >= 4 is 33.9 Å². The van der Waals surface area contributed by atoms with E-state index in [2.05, 4.69) is 29.9 Å². The summed E-state index contributed by atoms with van der Waals surface area (Å²) in [7, 11) is 0. The Labute approximate surface area is 128 Å². The van der Waals surface area contributed by atoms with Crippen molar-refractivity contribution in [3.05, 3.63) is 21.8 Å². The zero-order chi connectivity index (χ0) is 14.4. The highest BCUT2D eigenvalue weighted by Gasteiger charge is 2.25. The number of thiazole rings is 1. The topological polar surface area (TPSA) is 88.6 Å². The van der Waals surface area contributed by atoms with Crippen LogP contribution in [0.5, 0.6) is 0 Å². The summed E-state index contributed by atoms with van der Waals surface area (Å²) in [5, 5.41) is 11.9. The summed E-state index contributed by atoms with van der Waals surface area (Å²) in [6.45, 7) is 4.48. The Morgan fingerprint density at radius 2 is 2.33 bits per heavy atom. The average molecular weight is 320 g/mol. The monoisotopic (exact) mass is 320 g/mol. The molecule has 3 aromatic rings. The molecule has 9 heteroatoms. The first-order valence-electron chi connectivity index (χ1n) is 6.43. The van der Waals surface area contributed by atoms with Gasteiger partial charge in [0, 0.05) is 5.56 Å². The van der Waals surface area contributed by atoms with Crippen LogP contribution in [0, 0.1) is 6.92 Å². The van der Waals surface area contributed by atoms with Crippen molar-refractivity contribution in [2.75, 3.05) is 5.32 Å². The van der Waals surface area contributed by atoms with Crippen LogP contribution < -0.4 is 5.32 Å². The third-order valence-corrected chi connectivity index (χ3v) is 4.80. The summed E-state index contributed by atoms with van der Waals surface area (Å²) in [5.74, 6) is 0.586. The maximum Gasteiger partial charge on any atom is 0.241 e. The van der Waals surface area contributed by atoms with Crippen molar-refractivity contribution < 1.29 is 4.74 Å². The molecule has 0 saturated heterocycles. The number of hydrogen-bond donors (Lipinski definition) is 2. The molecule has 4 heterocycles. The van der Waals surface area contributed by atoms with E-state index in [1.807, 2.05) is 13.8 Å². The van der Waals surface area contributed by atoms with Gasteiger partial charge in [0.25, 0.3) is 0 Å². The number of rotatable bonds is 2. The minimum absolute atomic E-state index is 0.0110. The molecule has 4 rings (SSSR count). The lowest BCUT2D eigenvalue weighted by Gasteiger charge is -2.07. The van der Waals surface area contributed by atoms with Crippen molar-refractivity contribution in [2.24, 2.45) is 0 Å². The standard InChI is InChI=1S/C12H12N6OS2/c1-5-9-7(3-13-17-9)10-8(4-19-5)20-12(15-10)16-11-14-6(2)21-18-11/h3,5H,4H2,1-2H3,(H,13,17)(H,15,16,18). The number of anilines is 2. The smallest absolute Gasteiger partial charge is 0.241 e. The lowest BCUT2D eigenvalue weighted by Crippen LogP contribution is -1.98. The highest BCUT2D eigenvalue weighted by Crippen LogP contribution is 2.39. The summed E-state index contributed by atoms with van der Waals surface area (Å²) in [5.41, 5.74) is 2.89. The Bertz CT molecular complexity index is 791. The first kappa shape index (κ1) is 12.9. The normalized spacial score (nSPS) is 17.1. The highest BCUT2D eigenvalue weighted by molar-refractivity contribution is 7.16. The summed E-state index contributed by atoms with van der Waals surface area (Å²) >= 11 is 2.92. The van der Waals surface area contributed by atoms with Crippen molar-refractivity contribution in [3.8, 4) is 11.3 Å². The molecular weight excluding hydrogens is 308 g/mol. The Hall–Kier alpha value is -1.84. The second-order valence-corrected chi connectivity index (χ2v) is 6.74. The first-order chi connectivity index (χ1) is 10.2. The molecule has 1 atom stereocenters. The Morgan fingerprint density at radius 3 is 3.14 bits per heavy atom. The molecule has 0 spiro atoms. The second-order valence-electron chi connectivity index (χ2n) is 4.70. The van der Waals surface area contributed by atoms with Crippen molar-refractivity contribution in [1.82, 2.24) is 24.5 Å². The van der Waals surface area contributed by atoms with Crippen molar-refractivity contribution in [1.29, 1.82) is 0 Å². The van der Waals surface area contributed by atoms with Crippen LogP contribution in [-0.2, 0) is 11.3 Å². The van der Waals surface area contributed by atoms with Gasteiger partial charge in [-0.3, -0.25) is 10.4 Å². The number of nitrogens with zero attached hydrogens (tertiary/aromatic N) is 4. The molecule has 7 nitrogen and oxygen atoms in total. The minimum Gasteiger partial charge on any atom is -0.367 e. The Balaban J connectivity index is 1.72. The molecule has 21 heavy (non-hydrogen) atoms. The number of aryl methyl sites for hydroxylation is 1. The lowest BCUT2D eigenvalue weighted by atomic mass is 10.1. The number of aromatic amines is 1. The fourth-order valence-corrected chi connectivity index (χ4v) is 3.56. The number of fused-ring (bicyclic) bond motifs is 3. The lowest BCUT2D eigenvalue weighted by molar-refractivity contribution is 0.0537. The Morgan fingerprint density at radius 1 is 1.43 bits per heavy atom. The van der Waals surface area contributed by atoms with Crippen molar-refractivity contribution in [3.63, 3.8) is 0 Å². The van der Waals surface area contributed by atoms with Crippen LogP contribution in [0.25, 0.3) is 11.3 Å². The van der Waals surface area contributed by atoms with Crippen LogP contribution in [0.1, 0.15) is 28.6 Å². The highest BCUT2D eigenvalue weighted by atomic mass is 32.1. The van der Waals surface area contributed by atoms with Gasteiger partial charge in [0.2, 0.25) is 5.95 Å². The zero-order valence-electron chi connectivity index (χ0n) is 11.4. The predicted octanol–water partition coefficient (Wildman–Crippen LogP) is 3.03. The van der Waals surface area contributed by atoms with E-state index in [4.69, 9.17) is 4.74 Å². The number of hydrogen-bond acceptors (Lipinski definition) is 8. The van der Waals surface area contributed by atoms with Gasteiger partial charge >= 0.3 is 0 Å². The molecule has 0 fully saturated rings. The molecule has 2 N–H and O–H groups in total. The van der Waals surface area contributed by atoms with E-state index in [-0.39, 0.29) is 6.10 Å². The average Bonchev–Trinajstić information content (AvgIpc) is 3.15. The molecule has 3 aromatic heterocycles. The molecule has 0 radical (unpaired) electrons. The van der Waals surface area contributed by atoms with E-state index in [9.17, 15) is 0 Å². The minimum atomic E-state index is -0.0110. The van der Waals surface area contributed by atoms with Gasteiger partial charge in [0.05, 0.1) is 35.2 Å². The summed E-state index contributed by atoms with van der Waals surface area (Å²) < 4.78 is 10.0. The van der Waals surface area contributed by atoms with Gasteiger partial charge in [-0.15, -0.1) is 0 Å². The fraction of sp³-hybridized carbons (Fsp3) is 0.333. The van der Waals surface area contributed by atoms with Gasteiger partial charge in [-0.05, 0) is 25.4 Å². The largest absolute Gasteiger partial charge is 0.367 e. The molecule has 0 bridgehead atoms. The molecule has 0 amide bonds. The number of nitrogens with one attached hydrogen (secondary N) is 2. The van der Waals surface area contributed by atoms with E-state index in [1.54, 1.807) is 17.5 Å². The number of H-pyrrole nitrogens is 1. The van der Waals surface area contributed by atoms with Crippen LogP contribution >= 0.6 is 22.9 Å². The maximum atomic E-state index is 5.82. The van der Waals surface area contributed by atoms with Gasteiger partial charge in [-0.1, -0.05) is 11.3 Å². The SMILES string of the molecule is Cc1nc(Nc2nc3c(s2)COC(C)c2[nH]ncc2-3)ns1. The molecular formula is C12H12N6OS2. The van der Waals surface area contributed by atoms with Crippen LogP contribution in [0.4, 0.5) is 11.1 Å². The van der Waals surface area contributed by atoms with E-state index in [0.29, 0.717) is 12.6 Å². The molecule has 1 aliphatic rings. The third kappa shape index (κ3) is 2.23. The molecule has 1 unspecified atom stereocenters. The van der Waals surface area contributed by atoms with Crippen molar-refractivity contribution in [2.45, 2.75) is 26.6 Å². The maximum absolute atomic E-state index is 5.82. The first-order valence-corrected chi connectivity index (χ1v) is 8.02. The molecule has 0 aromatic carbocycles. The van der Waals surface area contributed by atoms with Crippen LogP contribution in [0.3, 0.4) is 0 Å². The Kier molecular flexibility index (Phi) is 2.98. The summed E-state index contributed by atoms with van der Waals surface area (Å²) in [6.07, 6.45) is 1.79. The summed E-state index contributed by atoms with van der Waals surface area (Å²) in [6, 6.07) is 0. The van der Waals surface area contributed by atoms with E-state index >= 15 is 0 Å². The van der Waals surface area contributed by atoms with Crippen LogP contribution in [0.15, 0.2) is 6.20 Å². The quantitative estimate of drug-likeness (QED) is 0.754. The van der Waals surface area contributed by atoms with Gasteiger partial charge in [0.1, 0.15) is 5.01 Å². The van der Waals surface area contributed by atoms with Gasteiger partial charge < -0.3 is 4.74 Å². The van der Waals surface area contributed by atoms with E-state index in [1.165, 1.54) is 11.5 Å².